The first-order chi connectivity index (χ1) is 16.2. The molecule has 0 aliphatic heterocycles. The average molecular weight is 504 g/mol. The van der Waals surface area contributed by atoms with E-state index in [4.69, 9.17) is 25.8 Å². The second-order valence-electron chi connectivity index (χ2n) is 6.96. The van der Waals surface area contributed by atoms with Crippen molar-refractivity contribution in [3.63, 3.8) is 0 Å². The quantitative estimate of drug-likeness (QED) is 0.322. The molecule has 0 aliphatic carbocycles. The lowest BCUT2D eigenvalue weighted by Crippen LogP contribution is -2.37. The molecule has 34 heavy (non-hydrogen) atoms. The van der Waals surface area contributed by atoms with Crippen molar-refractivity contribution in [2.75, 3.05) is 32.2 Å². The highest BCUT2D eigenvalue weighted by molar-refractivity contribution is 7.93. The number of ether oxygens (including phenoxy) is 3. The van der Waals surface area contributed by atoms with Crippen molar-refractivity contribution in [3.05, 3.63) is 82.9 Å². The summed E-state index contributed by atoms with van der Waals surface area (Å²) in [6.45, 7) is -0.699. The molecule has 0 bridgehead atoms. The van der Waals surface area contributed by atoms with E-state index in [9.17, 15) is 18.0 Å². The third-order valence-corrected chi connectivity index (χ3v) is 6.96. The number of esters is 1. The first-order valence-electron chi connectivity index (χ1n) is 9.93. The minimum Gasteiger partial charge on any atom is -0.497 e. The summed E-state index contributed by atoms with van der Waals surface area (Å²) in [5, 5.41) is 0.220. The van der Waals surface area contributed by atoms with Gasteiger partial charge in [0.25, 0.3) is 10.0 Å². The summed E-state index contributed by atoms with van der Waals surface area (Å²) < 4.78 is 43.7. The number of sulfonamides is 1. The van der Waals surface area contributed by atoms with Crippen LogP contribution in [0, 0.1) is 0 Å². The highest BCUT2D eigenvalue weighted by atomic mass is 35.5. The highest BCUT2D eigenvalue weighted by Crippen LogP contribution is 2.35. The van der Waals surface area contributed by atoms with Crippen LogP contribution >= 0.6 is 11.6 Å². The summed E-state index contributed by atoms with van der Waals surface area (Å²) in [5.41, 5.74) is 0.266. The summed E-state index contributed by atoms with van der Waals surface area (Å²) in [6.07, 6.45) is 0. The Labute approximate surface area is 202 Å². The summed E-state index contributed by atoms with van der Waals surface area (Å²) in [5.74, 6) is -1.02. The predicted molar refractivity (Wildman–Crippen MR) is 127 cm³/mol. The van der Waals surface area contributed by atoms with Gasteiger partial charge in [-0.3, -0.25) is 13.9 Å². The van der Waals surface area contributed by atoms with Crippen LogP contribution in [0.4, 0.5) is 5.69 Å². The molecule has 0 amide bonds. The molecule has 8 nitrogen and oxygen atoms in total. The first-order valence-corrected chi connectivity index (χ1v) is 11.8. The average Bonchev–Trinajstić information content (AvgIpc) is 2.86. The van der Waals surface area contributed by atoms with Crippen molar-refractivity contribution >= 4 is 39.1 Å². The third-order valence-electron chi connectivity index (χ3n) is 4.95. The van der Waals surface area contributed by atoms with Gasteiger partial charge in [0.15, 0.2) is 5.78 Å². The Balaban J connectivity index is 2.26. The Kier molecular flexibility index (Phi) is 7.80. The van der Waals surface area contributed by atoms with Crippen LogP contribution in [0.3, 0.4) is 0 Å². The Morgan fingerprint density at radius 3 is 2.24 bits per heavy atom. The predicted octanol–water partition coefficient (Wildman–Crippen LogP) is 3.96. The van der Waals surface area contributed by atoms with Gasteiger partial charge in [0.1, 0.15) is 22.9 Å². The number of ketones is 1. The number of benzene rings is 3. The molecule has 0 aromatic heterocycles. The molecule has 3 aromatic rings. The van der Waals surface area contributed by atoms with E-state index in [0.29, 0.717) is 5.56 Å². The van der Waals surface area contributed by atoms with Crippen molar-refractivity contribution in [1.82, 2.24) is 0 Å². The standard InChI is InChI=1S/C24H22ClNO7S/c1-31-18-10-12-21(32-2)22(14-18)34(29,30)26(15-23(27)33-3)20-11-9-17(25)13-19(20)24(28)16-7-5-4-6-8-16/h4-14H,15H2,1-3H3. The van der Waals surface area contributed by atoms with Gasteiger partial charge in [-0.15, -0.1) is 0 Å². The first kappa shape index (κ1) is 25.1. The van der Waals surface area contributed by atoms with Gasteiger partial charge in [-0.25, -0.2) is 8.42 Å². The van der Waals surface area contributed by atoms with Crippen LogP contribution in [-0.2, 0) is 19.6 Å². The summed E-state index contributed by atoms with van der Waals surface area (Å²) in [6, 6.07) is 16.7. The maximum atomic E-state index is 13.9. The molecule has 0 heterocycles. The minimum atomic E-state index is -4.45. The van der Waals surface area contributed by atoms with E-state index in [1.165, 1.54) is 50.6 Å². The number of halogens is 1. The van der Waals surface area contributed by atoms with Crippen molar-refractivity contribution in [2.24, 2.45) is 0 Å². The molecule has 10 heteroatoms. The van der Waals surface area contributed by atoms with E-state index in [1.54, 1.807) is 30.3 Å². The Bertz CT molecular complexity index is 1310. The zero-order valence-corrected chi connectivity index (χ0v) is 20.2. The summed E-state index contributed by atoms with van der Waals surface area (Å²) in [4.78, 5) is 25.3. The fraction of sp³-hybridized carbons (Fsp3) is 0.167. The molecule has 0 fully saturated rings. The van der Waals surface area contributed by atoms with Crippen LogP contribution < -0.4 is 13.8 Å². The normalized spacial score (nSPS) is 10.9. The lowest BCUT2D eigenvalue weighted by atomic mass is 10.0. The molecule has 0 atom stereocenters. The van der Waals surface area contributed by atoms with Crippen molar-refractivity contribution < 1.29 is 32.2 Å². The van der Waals surface area contributed by atoms with Crippen LogP contribution in [0.15, 0.2) is 71.6 Å². The number of hydrogen-bond donors (Lipinski definition) is 0. The van der Waals surface area contributed by atoms with Gasteiger partial charge in [-0.05, 0) is 30.3 Å². The Morgan fingerprint density at radius 1 is 0.912 bits per heavy atom. The van der Waals surface area contributed by atoms with E-state index in [1.807, 2.05) is 0 Å². The van der Waals surface area contributed by atoms with Gasteiger partial charge in [-0.1, -0.05) is 41.9 Å². The number of nitrogens with zero attached hydrogens (tertiary/aromatic N) is 1. The fourth-order valence-electron chi connectivity index (χ4n) is 3.24. The van der Waals surface area contributed by atoms with Crippen LogP contribution in [0.25, 0.3) is 0 Å². The lowest BCUT2D eigenvalue weighted by Gasteiger charge is -2.26. The number of carbonyl (C=O) groups excluding carboxylic acids is 2. The number of hydrogen-bond acceptors (Lipinski definition) is 7. The largest absolute Gasteiger partial charge is 0.497 e. The zero-order valence-electron chi connectivity index (χ0n) is 18.6. The monoisotopic (exact) mass is 503 g/mol. The van der Waals surface area contributed by atoms with Crippen LogP contribution in [0.5, 0.6) is 11.5 Å². The molecule has 0 spiro atoms. The second kappa shape index (κ2) is 10.6. The van der Waals surface area contributed by atoms with E-state index in [2.05, 4.69) is 0 Å². The number of carbonyl (C=O) groups is 2. The molecular weight excluding hydrogens is 482 g/mol. The van der Waals surface area contributed by atoms with Crippen molar-refractivity contribution in [2.45, 2.75) is 4.90 Å². The molecule has 0 N–H and O–H groups in total. The second-order valence-corrected chi connectivity index (χ2v) is 9.23. The SMILES string of the molecule is COC(=O)CN(c1ccc(Cl)cc1C(=O)c1ccccc1)S(=O)(=O)c1cc(OC)ccc1OC. The molecule has 0 saturated heterocycles. The molecule has 0 saturated carbocycles. The van der Waals surface area contributed by atoms with E-state index >= 15 is 0 Å². The van der Waals surface area contributed by atoms with E-state index < -0.39 is 28.3 Å². The topological polar surface area (TPSA) is 99.2 Å². The third kappa shape index (κ3) is 5.16. The molecular formula is C24H22ClNO7S. The van der Waals surface area contributed by atoms with Gasteiger partial charge in [0.2, 0.25) is 0 Å². The van der Waals surface area contributed by atoms with Gasteiger partial charge >= 0.3 is 5.97 Å². The highest BCUT2D eigenvalue weighted by Gasteiger charge is 2.33. The Hall–Kier alpha value is -3.56. The summed E-state index contributed by atoms with van der Waals surface area (Å²) in [7, 11) is -0.611. The number of anilines is 1. The van der Waals surface area contributed by atoms with Gasteiger partial charge in [0.05, 0.1) is 27.0 Å². The maximum Gasteiger partial charge on any atom is 0.326 e. The molecule has 3 aromatic carbocycles. The van der Waals surface area contributed by atoms with Crippen molar-refractivity contribution in [1.29, 1.82) is 0 Å². The summed E-state index contributed by atoms with van der Waals surface area (Å²) >= 11 is 6.16. The molecule has 178 valence electrons. The number of methoxy groups -OCH3 is 3. The van der Waals surface area contributed by atoms with E-state index in [0.717, 1.165) is 11.4 Å². The number of rotatable bonds is 9. The molecule has 3 rings (SSSR count). The Morgan fingerprint density at radius 2 is 1.62 bits per heavy atom. The van der Waals surface area contributed by atoms with Gasteiger partial charge < -0.3 is 14.2 Å². The van der Waals surface area contributed by atoms with Crippen LogP contribution in [-0.4, -0.2) is 48.0 Å². The molecule has 0 unspecified atom stereocenters. The van der Waals surface area contributed by atoms with Crippen LogP contribution in [0.2, 0.25) is 5.02 Å². The minimum absolute atomic E-state index is 0.00644. The van der Waals surface area contributed by atoms with Gasteiger partial charge in [0, 0.05) is 22.2 Å². The maximum absolute atomic E-state index is 13.9. The van der Waals surface area contributed by atoms with E-state index in [-0.39, 0.29) is 32.7 Å². The van der Waals surface area contributed by atoms with Gasteiger partial charge in [-0.2, -0.15) is 0 Å². The lowest BCUT2D eigenvalue weighted by molar-refractivity contribution is -0.138. The van der Waals surface area contributed by atoms with Crippen LogP contribution in [0.1, 0.15) is 15.9 Å². The van der Waals surface area contributed by atoms with Crippen molar-refractivity contribution in [3.8, 4) is 11.5 Å². The smallest absolute Gasteiger partial charge is 0.326 e. The molecule has 0 aliphatic rings. The molecule has 0 radical (unpaired) electrons. The fourth-order valence-corrected chi connectivity index (χ4v) is 5.01. The zero-order chi connectivity index (χ0) is 24.9.